The number of nitrogens with one attached hydrogen (secondary N) is 1. The third-order valence-electron chi connectivity index (χ3n) is 4.47. The lowest BCUT2D eigenvalue weighted by molar-refractivity contribution is -0.128. The van der Waals surface area contributed by atoms with Gasteiger partial charge in [0.15, 0.2) is 5.13 Å². The van der Waals surface area contributed by atoms with Crippen LogP contribution >= 0.6 is 11.3 Å². The number of anilines is 1. The predicted octanol–water partition coefficient (Wildman–Crippen LogP) is 3.04. The summed E-state index contributed by atoms with van der Waals surface area (Å²) in [5.74, 6) is -2.10. The Balaban J connectivity index is 1.46. The van der Waals surface area contributed by atoms with E-state index in [0.29, 0.717) is 12.6 Å². The van der Waals surface area contributed by atoms with Crippen molar-refractivity contribution in [3.05, 3.63) is 35.2 Å². The number of nitrogens with zero attached hydrogens (tertiary/aromatic N) is 2. The van der Waals surface area contributed by atoms with Crippen molar-refractivity contribution in [1.82, 2.24) is 9.88 Å². The zero-order valence-corrected chi connectivity index (χ0v) is 14.0. The number of carbonyl (C=O) groups is 2. The van der Waals surface area contributed by atoms with Crippen molar-refractivity contribution in [2.75, 3.05) is 11.9 Å². The molecule has 5 nitrogen and oxygen atoms in total. The van der Waals surface area contributed by atoms with Crippen LogP contribution in [0.25, 0.3) is 11.3 Å². The Morgan fingerprint density at radius 3 is 2.68 bits per heavy atom. The highest BCUT2D eigenvalue weighted by atomic mass is 32.1. The summed E-state index contributed by atoms with van der Waals surface area (Å²) in [7, 11) is 0. The first-order valence-corrected chi connectivity index (χ1v) is 8.91. The van der Waals surface area contributed by atoms with Gasteiger partial charge >= 0.3 is 0 Å². The van der Waals surface area contributed by atoms with E-state index in [-0.39, 0.29) is 34.6 Å². The second-order valence-corrected chi connectivity index (χ2v) is 7.16. The molecule has 1 saturated heterocycles. The molecule has 4 rings (SSSR count). The van der Waals surface area contributed by atoms with Crippen molar-refractivity contribution in [3.63, 3.8) is 0 Å². The van der Waals surface area contributed by atoms with Crippen LogP contribution in [0.2, 0.25) is 0 Å². The van der Waals surface area contributed by atoms with Crippen LogP contribution in [0.1, 0.15) is 19.3 Å². The van der Waals surface area contributed by atoms with Gasteiger partial charge in [0.25, 0.3) is 0 Å². The number of likely N-dealkylation sites (tertiary alicyclic amines) is 1. The Morgan fingerprint density at radius 2 is 2.00 bits per heavy atom. The molecule has 0 unspecified atom stereocenters. The van der Waals surface area contributed by atoms with Crippen LogP contribution in [0.3, 0.4) is 0 Å². The number of thiazole rings is 1. The van der Waals surface area contributed by atoms with Crippen molar-refractivity contribution in [3.8, 4) is 11.3 Å². The minimum Gasteiger partial charge on any atom is -0.339 e. The van der Waals surface area contributed by atoms with Crippen LogP contribution in [-0.2, 0) is 9.59 Å². The Kier molecular flexibility index (Phi) is 3.99. The fraction of sp³-hybridized carbons (Fsp3) is 0.353. The number of hydrogen-bond acceptors (Lipinski definition) is 4. The van der Waals surface area contributed by atoms with Gasteiger partial charge in [0.1, 0.15) is 11.6 Å². The van der Waals surface area contributed by atoms with Gasteiger partial charge in [-0.2, -0.15) is 0 Å². The SMILES string of the molecule is O=C(Nc1nc(-c2c(F)cccc2F)cs1)[C@H]1CC(=O)N(C2CC2)C1. The summed E-state index contributed by atoms with van der Waals surface area (Å²) in [5, 5.41) is 4.42. The van der Waals surface area contributed by atoms with Gasteiger partial charge in [-0.25, -0.2) is 13.8 Å². The highest BCUT2D eigenvalue weighted by Crippen LogP contribution is 2.33. The van der Waals surface area contributed by atoms with Crippen molar-refractivity contribution in [1.29, 1.82) is 0 Å². The summed E-state index contributed by atoms with van der Waals surface area (Å²) < 4.78 is 27.6. The molecule has 1 N–H and O–H groups in total. The first-order valence-electron chi connectivity index (χ1n) is 8.03. The van der Waals surface area contributed by atoms with Crippen LogP contribution < -0.4 is 5.32 Å². The normalized spacial score (nSPS) is 20.2. The van der Waals surface area contributed by atoms with Gasteiger partial charge in [0.2, 0.25) is 11.8 Å². The highest BCUT2D eigenvalue weighted by Gasteiger charge is 2.41. The minimum atomic E-state index is -0.704. The third-order valence-corrected chi connectivity index (χ3v) is 5.23. The summed E-state index contributed by atoms with van der Waals surface area (Å²) >= 11 is 1.09. The third kappa shape index (κ3) is 3.13. The first-order chi connectivity index (χ1) is 12.0. The Hall–Kier alpha value is -2.35. The minimum absolute atomic E-state index is 0.0101. The molecule has 0 radical (unpaired) electrons. The molecule has 2 fully saturated rings. The van der Waals surface area contributed by atoms with E-state index < -0.39 is 17.6 Å². The molecule has 2 aliphatic rings. The zero-order chi connectivity index (χ0) is 17.6. The van der Waals surface area contributed by atoms with Gasteiger partial charge in [-0.3, -0.25) is 9.59 Å². The van der Waals surface area contributed by atoms with E-state index in [9.17, 15) is 18.4 Å². The van der Waals surface area contributed by atoms with Crippen molar-refractivity contribution >= 4 is 28.3 Å². The molecular weight excluding hydrogens is 348 g/mol. The van der Waals surface area contributed by atoms with Crippen molar-refractivity contribution in [2.45, 2.75) is 25.3 Å². The highest BCUT2D eigenvalue weighted by molar-refractivity contribution is 7.14. The number of rotatable bonds is 4. The first kappa shape index (κ1) is 16.1. The number of benzene rings is 1. The second kappa shape index (κ2) is 6.18. The number of aromatic nitrogens is 1. The van der Waals surface area contributed by atoms with Gasteiger partial charge in [-0.05, 0) is 25.0 Å². The lowest BCUT2D eigenvalue weighted by atomic mass is 10.1. The summed E-state index contributed by atoms with van der Waals surface area (Å²) in [6, 6.07) is 3.89. The van der Waals surface area contributed by atoms with E-state index in [1.165, 1.54) is 11.4 Å². The Labute approximate surface area is 146 Å². The summed E-state index contributed by atoms with van der Waals surface area (Å²) in [6.07, 6.45) is 2.21. The van der Waals surface area contributed by atoms with Crippen LogP contribution in [0.4, 0.5) is 13.9 Å². The second-order valence-electron chi connectivity index (χ2n) is 6.30. The predicted molar refractivity (Wildman–Crippen MR) is 88.9 cm³/mol. The molecule has 1 aromatic heterocycles. The van der Waals surface area contributed by atoms with E-state index in [1.54, 1.807) is 4.90 Å². The fourth-order valence-electron chi connectivity index (χ4n) is 3.04. The molecule has 0 bridgehead atoms. The molecule has 1 aliphatic heterocycles. The molecular formula is C17H15F2N3O2S. The van der Waals surface area contributed by atoms with Crippen LogP contribution in [0, 0.1) is 17.6 Å². The van der Waals surface area contributed by atoms with E-state index in [2.05, 4.69) is 10.3 Å². The van der Waals surface area contributed by atoms with Gasteiger partial charge in [-0.1, -0.05) is 6.07 Å². The van der Waals surface area contributed by atoms with E-state index in [4.69, 9.17) is 0 Å². The lowest BCUT2D eigenvalue weighted by Crippen LogP contribution is -2.29. The topological polar surface area (TPSA) is 62.3 Å². The molecule has 2 heterocycles. The van der Waals surface area contributed by atoms with Crippen molar-refractivity contribution in [2.24, 2.45) is 5.92 Å². The monoisotopic (exact) mass is 363 g/mol. The van der Waals surface area contributed by atoms with Gasteiger partial charge in [0, 0.05) is 24.4 Å². The molecule has 1 saturated carbocycles. The van der Waals surface area contributed by atoms with E-state index >= 15 is 0 Å². The standard InChI is InChI=1S/C17H15F2N3O2S/c18-11-2-1-3-12(19)15(11)13-8-25-17(20-13)21-16(24)9-6-14(23)22(7-9)10-4-5-10/h1-3,8-10H,4-7H2,(H,20,21,24)/t9-/m0/s1. The molecule has 1 atom stereocenters. The number of amides is 2. The molecule has 8 heteroatoms. The number of hydrogen-bond donors (Lipinski definition) is 1. The average molecular weight is 363 g/mol. The van der Waals surface area contributed by atoms with E-state index in [1.807, 2.05) is 0 Å². The summed E-state index contributed by atoms with van der Waals surface area (Å²) in [6.45, 7) is 0.426. The quantitative estimate of drug-likeness (QED) is 0.908. The van der Waals surface area contributed by atoms with Crippen molar-refractivity contribution < 1.29 is 18.4 Å². The summed E-state index contributed by atoms with van der Waals surface area (Å²) in [5.41, 5.74) is -0.0757. The summed E-state index contributed by atoms with van der Waals surface area (Å²) in [4.78, 5) is 30.2. The fourth-order valence-corrected chi connectivity index (χ4v) is 3.75. The molecule has 130 valence electrons. The van der Waals surface area contributed by atoms with Crippen LogP contribution in [-0.4, -0.2) is 34.3 Å². The maximum absolute atomic E-state index is 13.8. The zero-order valence-electron chi connectivity index (χ0n) is 13.2. The van der Waals surface area contributed by atoms with Crippen LogP contribution in [0.5, 0.6) is 0 Å². The van der Waals surface area contributed by atoms with Crippen LogP contribution in [0.15, 0.2) is 23.6 Å². The van der Waals surface area contributed by atoms with E-state index in [0.717, 1.165) is 36.3 Å². The molecule has 1 aliphatic carbocycles. The molecule has 0 spiro atoms. The maximum Gasteiger partial charge on any atom is 0.231 e. The number of halogens is 2. The molecule has 1 aromatic carbocycles. The van der Waals surface area contributed by atoms with Gasteiger partial charge < -0.3 is 10.2 Å². The Morgan fingerprint density at radius 1 is 1.28 bits per heavy atom. The molecule has 25 heavy (non-hydrogen) atoms. The largest absolute Gasteiger partial charge is 0.339 e. The van der Waals surface area contributed by atoms with Gasteiger partial charge in [0.05, 0.1) is 17.2 Å². The average Bonchev–Trinajstić information content (AvgIpc) is 3.19. The molecule has 2 amide bonds. The molecule has 2 aromatic rings. The lowest BCUT2D eigenvalue weighted by Gasteiger charge is -2.14. The van der Waals surface area contributed by atoms with Gasteiger partial charge in [-0.15, -0.1) is 11.3 Å². The smallest absolute Gasteiger partial charge is 0.231 e. The maximum atomic E-state index is 13.8. The Bertz CT molecular complexity index is 830. The number of carbonyl (C=O) groups excluding carboxylic acids is 2.